The summed E-state index contributed by atoms with van der Waals surface area (Å²) in [5.41, 5.74) is 25.5. The quantitative estimate of drug-likeness (QED) is 0.149. The van der Waals surface area contributed by atoms with Gasteiger partial charge in [0.15, 0.2) is 0 Å². The first kappa shape index (κ1) is 38.9. The van der Waals surface area contributed by atoms with Crippen molar-refractivity contribution in [2.45, 2.75) is 90.9 Å². The molecule has 0 saturated heterocycles. The monoisotopic (exact) mass is 868 g/mol. The second-order valence-electron chi connectivity index (χ2n) is 22.9. The molecule has 0 saturated carbocycles. The smallest absolute Gasteiger partial charge is 0.333 e. The van der Waals surface area contributed by atoms with Crippen LogP contribution in [-0.4, -0.2) is 11.4 Å². The third-order valence-corrected chi connectivity index (χ3v) is 17.6. The average Bonchev–Trinajstić information content (AvgIpc) is 3.97. The van der Waals surface area contributed by atoms with Crippen LogP contribution in [0.3, 0.4) is 0 Å². The zero-order valence-corrected chi connectivity index (χ0v) is 40.5. The molecule has 2 aliphatic heterocycles. The molecular formula is C62H53BN2S. The van der Waals surface area contributed by atoms with Gasteiger partial charge in [0.05, 0.1) is 11.0 Å². The molecule has 0 bridgehead atoms. The van der Waals surface area contributed by atoms with Crippen LogP contribution < -0.4 is 15.7 Å². The zero-order valence-electron chi connectivity index (χ0n) is 39.7. The fourth-order valence-corrected chi connectivity index (χ4v) is 14.3. The van der Waals surface area contributed by atoms with Crippen molar-refractivity contribution in [3.05, 3.63) is 173 Å². The number of anilines is 2. The molecule has 0 fully saturated rings. The van der Waals surface area contributed by atoms with Gasteiger partial charge in [-0.15, -0.1) is 11.3 Å². The van der Waals surface area contributed by atoms with Gasteiger partial charge in [-0.25, -0.2) is 0 Å². The van der Waals surface area contributed by atoms with Gasteiger partial charge >= 0.3 is 6.85 Å². The average molecular weight is 869 g/mol. The number of nitrogens with zero attached hydrogens (tertiary/aromatic N) is 2. The molecule has 0 N–H and O–H groups in total. The van der Waals surface area contributed by atoms with E-state index in [-0.39, 0.29) is 28.5 Å². The van der Waals surface area contributed by atoms with Crippen molar-refractivity contribution in [2.75, 3.05) is 4.81 Å². The maximum atomic E-state index is 2.77. The lowest BCUT2D eigenvalue weighted by molar-refractivity contribution is 0.590. The Labute approximate surface area is 392 Å². The molecule has 0 atom stereocenters. The summed E-state index contributed by atoms with van der Waals surface area (Å²) in [6, 6.07) is 55.0. The fraction of sp³-hybridized carbons (Fsp3) is 0.226. The van der Waals surface area contributed by atoms with Crippen LogP contribution in [0.5, 0.6) is 0 Å². The van der Waals surface area contributed by atoms with Crippen LogP contribution in [0, 0.1) is 0 Å². The third-order valence-electron chi connectivity index (χ3n) is 16.4. The van der Waals surface area contributed by atoms with Gasteiger partial charge in [-0.2, -0.15) is 0 Å². The molecule has 4 aliphatic rings. The number of benzene rings is 8. The second-order valence-corrected chi connectivity index (χ2v) is 24.0. The van der Waals surface area contributed by atoms with E-state index in [2.05, 4.69) is 218 Å². The summed E-state index contributed by atoms with van der Waals surface area (Å²) < 4.78 is 5.39. The Morgan fingerprint density at radius 1 is 0.500 bits per heavy atom. The highest BCUT2D eigenvalue weighted by atomic mass is 32.1. The lowest BCUT2D eigenvalue weighted by atomic mass is 9.43. The Hall–Kier alpha value is -6.36. The maximum Gasteiger partial charge on any atom is 0.333 e. The van der Waals surface area contributed by atoms with E-state index in [0.29, 0.717) is 0 Å². The largest absolute Gasteiger partial charge is 0.376 e. The van der Waals surface area contributed by atoms with Gasteiger partial charge in [-0.3, -0.25) is 0 Å². The number of rotatable bonds is 1. The Kier molecular flexibility index (Phi) is 7.27. The van der Waals surface area contributed by atoms with E-state index in [0.717, 1.165) is 0 Å². The molecule has 10 aromatic rings. The van der Waals surface area contributed by atoms with E-state index in [1.807, 2.05) is 11.3 Å². The highest BCUT2D eigenvalue weighted by Crippen LogP contribution is 2.61. The van der Waals surface area contributed by atoms with Crippen LogP contribution in [0.2, 0.25) is 0 Å². The molecule has 14 rings (SSSR count). The van der Waals surface area contributed by atoms with E-state index >= 15 is 0 Å². The minimum atomic E-state index is -0.258. The number of fused-ring (bicyclic) bond motifs is 19. The molecular weight excluding hydrogens is 816 g/mol. The Morgan fingerprint density at radius 3 is 1.91 bits per heavy atom. The molecule has 66 heavy (non-hydrogen) atoms. The van der Waals surface area contributed by atoms with Crippen molar-refractivity contribution in [3.8, 4) is 39.1 Å². The SMILES string of the molecule is CC(C)(C)c1ccc(N2B3c4cc5sc6ccccc6c5cc4-n4c5ccc(C(C)(C)C)cc5c5c6c(c(c3c54)-c3cc4c(cc32)C(C)(C)c2ccccc2-4)C(C)(C)c2ccccc2-6)cc1. The molecule has 2 aromatic heterocycles. The first-order chi connectivity index (χ1) is 31.5. The van der Waals surface area contributed by atoms with Gasteiger partial charge < -0.3 is 9.38 Å². The van der Waals surface area contributed by atoms with E-state index in [4.69, 9.17) is 0 Å². The van der Waals surface area contributed by atoms with Crippen LogP contribution in [0.4, 0.5) is 11.4 Å². The fourth-order valence-electron chi connectivity index (χ4n) is 13.1. The molecule has 0 unspecified atom stereocenters. The normalized spacial score (nSPS) is 15.9. The van der Waals surface area contributed by atoms with Gasteiger partial charge in [0.1, 0.15) is 0 Å². The molecule has 0 radical (unpaired) electrons. The highest BCUT2D eigenvalue weighted by molar-refractivity contribution is 7.26. The topological polar surface area (TPSA) is 8.17 Å². The van der Waals surface area contributed by atoms with Crippen LogP contribution in [-0.2, 0) is 21.7 Å². The van der Waals surface area contributed by atoms with Crippen LogP contribution >= 0.6 is 11.3 Å². The lowest BCUT2D eigenvalue weighted by Crippen LogP contribution is -2.61. The van der Waals surface area contributed by atoms with Crippen LogP contribution in [0.25, 0.3) is 81.0 Å². The van der Waals surface area contributed by atoms with Crippen molar-refractivity contribution in [1.82, 2.24) is 4.57 Å². The summed E-state index contributed by atoms with van der Waals surface area (Å²) in [5, 5.41) is 5.41. The van der Waals surface area contributed by atoms with Gasteiger partial charge in [-0.1, -0.05) is 154 Å². The van der Waals surface area contributed by atoms with Gasteiger partial charge in [0, 0.05) is 64.4 Å². The van der Waals surface area contributed by atoms with E-state index in [1.54, 1.807) is 0 Å². The van der Waals surface area contributed by atoms with Gasteiger partial charge in [0.25, 0.3) is 0 Å². The third kappa shape index (κ3) is 4.73. The first-order valence-electron chi connectivity index (χ1n) is 24.0. The minimum Gasteiger partial charge on any atom is -0.376 e. The van der Waals surface area contributed by atoms with Crippen molar-refractivity contribution >= 4 is 82.5 Å². The number of aromatic nitrogens is 1. The number of thiophene rings is 1. The van der Waals surface area contributed by atoms with Crippen molar-refractivity contribution in [1.29, 1.82) is 0 Å². The molecule has 0 spiro atoms. The summed E-state index contributed by atoms with van der Waals surface area (Å²) in [5.74, 6) is 0. The van der Waals surface area contributed by atoms with Crippen molar-refractivity contribution < 1.29 is 0 Å². The maximum absolute atomic E-state index is 2.77. The van der Waals surface area contributed by atoms with E-state index < -0.39 is 0 Å². The van der Waals surface area contributed by atoms with E-state index in [1.165, 1.54) is 137 Å². The Bertz CT molecular complexity index is 3840. The summed E-state index contributed by atoms with van der Waals surface area (Å²) >= 11 is 1.93. The molecule has 4 heteroatoms. The molecule has 0 amide bonds. The molecule has 2 aliphatic carbocycles. The van der Waals surface area contributed by atoms with Gasteiger partial charge in [-0.05, 0) is 138 Å². The standard InChI is InChI=1S/C62H53BN2S/c1-59(2,3)34-23-26-36(27-24-34)65-49-32-46-40(37-17-11-14-20-44(37)61(46,7)8)30-43(49)55-56-53(39-19-12-15-21-45(39)62(56,9)10)54-42-29-35(60(4,5)6)25-28-48(42)64-50-31-41-38-18-13-16-22-51(38)66-52(41)33-47(50)63(65)57(55)58(54)64/h11-33H,1-10H3. The predicted molar refractivity (Wildman–Crippen MR) is 285 cm³/mol. The molecule has 4 heterocycles. The van der Waals surface area contributed by atoms with Crippen LogP contribution in [0.1, 0.15) is 103 Å². The van der Waals surface area contributed by atoms with Gasteiger partial charge in [0.2, 0.25) is 0 Å². The Morgan fingerprint density at radius 2 is 1.17 bits per heavy atom. The highest BCUT2D eigenvalue weighted by Gasteiger charge is 2.51. The van der Waals surface area contributed by atoms with E-state index in [9.17, 15) is 0 Å². The summed E-state index contributed by atoms with van der Waals surface area (Å²) in [6.07, 6.45) is 0. The minimum absolute atomic E-state index is 0.0149. The lowest BCUT2D eigenvalue weighted by Gasteiger charge is -2.44. The summed E-state index contributed by atoms with van der Waals surface area (Å²) in [6.45, 7) is 23.8. The van der Waals surface area contributed by atoms with Crippen LogP contribution in [0.15, 0.2) is 140 Å². The predicted octanol–water partition coefficient (Wildman–Crippen LogP) is 15.6. The first-order valence-corrected chi connectivity index (χ1v) is 24.8. The molecule has 2 nitrogen and oxygen atoms in total. The summed E-state index contributed by atoms with van der Waals surface area (Å²) in [4.78, 5) is 2.77. The number of hydrogen-bond acceptors (Lipinski definition) is 2. The second kappa shape index (κ2) is 12.3. The Balaban J connectivity index is 1.24. The molecule has 8 aromatic carbocycles. The number of hydrogen-bond donors (Lipinski definition) is 0. The zero-order chi connectivity index (χ0) is 45.1. The molecule has 320 valence electrons. The van der Waals surface area contributed by atoms with Crippen molar-refractivity contribution in [2.24, 2.45) is 0 Å². The van der Waals surface area contributed by atoms with Crippen molar-refractivity contribution in [3.63, 3.8) is 0 Å². The summed E-state index contributed by atoms with van der Waals surface area (Å²) in [7, 11) is 0.